The Morgan fingerprint density at radius 3 is 1.96 bits per heavy atom. The standard InChI is InChI=1S/C21H12BrNO3/c22-15-10-8-13(9-11-15)19(24)14-4-3-5-16(12-14)23-20(25)17-6-1-2-7-18(17)21(23)26/h1-12H. The van der Waals surface area contributed by atoms with Crippen LogP contribution < -0.4 is 4.90 Å². The number of imide groups is 1. The number of carbonyl (C=O) groups is 3. The van der Waals surface area contributed by atoms with E-state index in [1.165, 1.54) is 0 Å². The Morgan fingerprint density at radius 1 is 0.731 bits per heavy atom. The Labute approximate surface area is 158 Å². The fourth-order valence-electron chi connectivity index (χ4n) is 2.98. The SMILES string of the molecule is O=C(c1ccc(Br)cc1)c1cccc(N2C(=O)c3ccccc3C2=O)c1. The summed E-state index contributed by atoms with van der Waals surface area (Å²) in [6, 6.07) is 20.3. The van der Waals surface area contributed by atoms with Gasteiger partial charge in [-0.3, -0.25) is 14.4 Å². The van der Waals surface area contributed by atoms with Gasteiger partial charge in [-0.2, -0.15) is 0 Å². The second-order valence-electron chi connectivity index (χ2n) is 5.88. The van der Waals surface area contributed by atoms with Crippen molar-refractivity contribution < 1.29 is 14.4 Å². The minimum Gasteiger partial charge on any atom is -0.289 e. The highest BCUT2D eigenvalue weighted by Crippen LogP contribution is 2.29. The molecule has 0 saturated heterocycles. The Bertz CT molecular complexity index is 1020. The van der Waals surface area contributed by atoms with Crippen molar-refractivity contribution in [1.29, 1.82) is 0 Å². The van der Waals surface area contributed by atoms with Crippen LogP contribution in [0, 0.1) is 0 Å². The third kappa shape index (κ3) is 2.66. The highest BCUT2D eigenvalue weighted by molar-refractivity contribution is 9.10. The monoisotopic (exact) mass is 405 g/mol. The zero-order valence-corrected chi connectivity index (χ0v) is 15.1. The number of amides is 2. The van der Waals surface area contributed by atoms with Crippen molar-refractivity contribution in [3.8, 4) is 0 Å². The van der Waals surface area contributed by atoms with Gasteiger partial charge in [-0.05, 0) is 48.5 Å². The molecule has 0 aliphatic carbocycles. The van der Waals surface area contributed by atoms with Gasteiger partial charge in [0.25, 0.3) is 11.8 Å². The van der Waals surface area contributed by atoms with Crippen LogP contribution in [0.3, 0.4) is 0 Å². The lowest BCUT2D eigenvalue weighted by molar-refractivity contribution is 0.0924. The van der Waals surface area contributed by atoms with Gasteiger partial charge in [0.15, 0.2) is 5.78 Å². The molecule has 2 amide bonds. The van der Waals surface area contributed by atoms with Crippen molar-refractivity contribution in [3.05, 3.63) is 99.5 Å². The van der Waals surface area contributed by atoms with E-state index in [-0.39, 0.29) is 17.6 Å². The molecule has 0 spiro atoms. The van der Waals surface area contributed by atoms with Crippen LogP contribution in [0.2, 0.25) is 0 Å². The van der Waals surface area contributed by atoms with E-state index in [1.807, 2.05) is 0 Å². The van der Waals surface area contributed by atoms with Gasteiger partial charge in [0.2, 0.25) is 0 Å². The van der Waals surface area contributed by atoms with Crippen LogP contribution in [-0.4, -0.2) is 17.6 Å². The number of fused-ring (bicyclic) bond motifs is 1. The van der Waals surface area contributed by atoms with Crippen molar-refractivity contribution in [3.63, 3.8) is 0 Å². The zero-order chi connectivity index (χ0) is 18.3. The van der Waals surface area contributed by atoms with Gasteiger partial charge in [-0.25, -0.2) is 4.90 Å². The third-order valence-corrected chi connectivity index (χ3v) is 4.80. The number of hydrogen-bond acceptors (Lipinski definition) is 3. The molecule has 0 bridgehead atoms. The molecule has 0 saturated carbocycles. The Hall–Kier alpha value is -3.05. The molecule has 0 N–H and O–H groups in total. The zero-order valence-electron chi connectivity index (χ0n) is 13.5. The van der Waals surface area contributed by atoms with E-state index in [4.69, 9.17) is 0 Å². The van der Waals surface area contributed by atoms with Crippen LogP contribution in [0.4, 0.5) is 5.69 Å². The highest BCUT2D eigenvalue weighted by atomic mass is 79.9. The van der Waals surface area contributed by atoms with E-state index in [2.05, 4.69) is 15.9 Å². The molecule has 3 aromatic rings. The molecule has 126 valence electrons. The molecule has 26 heavy (non-hydrogen) atoms. The van der Waals surface area contributed by atoms with Crippen LogP contribution >= 0.6 is 15.9 Å². The molecule has 0 fully saturated rings. The van der Waals surface area contributed by atoms with Crippen LogP contribution in [-0.2, 0) is 0 Å². The lowest BCUT2D eigenvalue weighted by atomic mass is 10.0. The summed E-state index contributed by atoms with van der Waals surface area (Å²) in [7, 11) is 0. The van der Waals surface area contributed by atoms with Gasteiger partial charge in [0, 0.05) is 15.6 Å². The molecule has 0 radical (unpaired) electrons. The average molecular weight is 406 g/mol. The minimum absolute atomic E-state index is 0.170. The first-order chi connectivity index (χ1) is 12.6. The van der Waals surface area contributed by atoms with Gasteiger partial charge in [0.1, 0.15) is 0 Å². The fourth-order valence-corrected chi connectivity index (χ4v) is 3.24. The normalized spacial score (nSPS) is 13.0. The highest BCUT2D eigenvalue weighted by Gasteiger charge is 2.36. The first-order valence-corrected chi connectivity index (χ1v) is 8.74. The van der Waals surface area contributed by atoms with E-state index in [0.29, 0.717) is 27.9 Å². The molecular weight excluding hydrogens is 394 g/mol. The predicted octanol–water partition coefficient (Wildman–Crippen LogP) is 4.48. The molecule has 1 aliphatic rings. The van der Waals surface area contributed by atoms with Crippen molar-refractivity contribution in [2.24, 2.45) is 0 Å². The number of carbonyl (C=O) groups excluding carboxylic acids is 3. The van der Waals surface area contributed by atoms with Gasteiger partial charge in [0.05, 0.1) is 16.8 Å². The van der Waals surface area contributed by atoms with Crippen molar-refractivity contribution in [2.75, 3.05) is 4.90 Å². The van der Waals surface area contributed by atoms with E-state index in [0.717, 1.165) is 9.37 Å². The molecule has 4 nitrogen and oxygen atoms in total. The lowest BCUT2D eigenvalue weighted by Crippen LogP contribution is -2.29. The summed E-state index contributed by atoms with van der Waals surface area (Å²) in [6.45, 7) is 0. The van der Waals surface area contributed by atoms with E-state index in [1.54, 1.807) is 72.8 Å². The van der Waals surface area contributed by atoms with Gasteiger partial charge < -0.3 is 0 Å². The molecule has 4 rings (SSSR count). The van der Waals surface area contributed by atoms with Gasteiger partial charge in [-0.15, -0.1) is 0 Å². The number of halogens is 1. The van der Waals surface area contributed by atoms with E-state index in [9.17, 15) is 14.4 Å². The molecule has 1 heterocycles. The predicted molar refractivity (Wildman–Crippen MR) is 102 cm³/mol. The van der Waals surface area contributed by atoms with Crippen LogP contribution in [0.1, 0.15) is 36.6 Å². The summed E-state index contributed by atoms with van der Waals surface area (Å²) in [6.07, 6.45) is 0. The molecule has 0 atom stereocenters. The number of benzene rings is 3. The van der Waals surface area contributed by atoms with Crippen molar-refractivity contribution >= 4 is 39.2 Å². The molecule has 0 aromatic heterocycles. The molecule has 1 aliphatic heterocycles. The smallest absolute Gasteiger partial charge is 0.266 e. The Morgan fingerprint density at radius 2 is 1.35 bits per heavy atom. The third-order valence-electron chi connectivity index (χ3n) is 4.27. The summed E-state index contributed by atoms with van der Waals surface area (Å²) >= 11 is 3.34. The molecule has 5 heteroatoms. The quantitative estimate of drug-likeness (QED) is 0.476. The van der Waals surface area contributed by atoms with Crippen molar-refractivity contribution in [2.45, 2.75) is 0 Å². The Balaban J connectivity index is 1.71. The topological polar surface area (TPSA) is 54.5 Å². The second kappa shape index (κ2) is 6.35. The summed E-state index contributed by atoms with van der Waals surface area (Å²) < 4.78 is 0.883. The number of ketones is 1. The second-order valence-corrected chi connectivity index (χ2v) is 6.79. The summed E-state index contributed by atoms with van der Waals surface area (Å²) in [5.74, 6) is -0.923. The van der Waals surface area contributed by atoms with E-state index < -0.39 is 0 Å². The largest absolute Gasteiger partial charge is 0.289 e. The summed E-state index contributed by atoms with van der Waals surface area (Å²) in [5.41, 5.74) is 2.09. The lowest BCUT2D eigenvalue weighted by Gasteiger charge is -2.14. The van der Waals surface area contributed by atoms with Gasteiger partial charge in [-0.1, -0.05) is 40.2 Å². The first kappa shape index (κ1) is 16.4. The number of anilines is 1. The molecule has 3 aromatic carbocycles. The Kier molecular flexibility index (Phi) is 4.01. The average Bonchev–Trinajstić information content (AvgIpc) is 2.93. The van der Waals surface area contributed by atoms with Gasteiger partial charge >= 0.3 is 0 Å². The minimum atomic E-state index is -0.376. The number of rotatable bonds is 3. The summed E-state index contributed by atoms with van der Waals surface area (Å²) in [4.78, 5) is 39.0. The maximum atomic E-state index is 12.7. The first-order valence-electron chi connectivity index (χ1n) is 7.94. The maximum Gasteiger partial charge on any atom is 0.266 e. The summed E-state index contributed by atoms with van der Waals surface area (Å²) in [5, 5.41) is 0. The maximum absolute atomic E-state index is 12.7. The van der Waals surface area contributed by atoms with Crippen molar-refractivity contribution in [1.82, 2.24) is 0 Å². The van der Waals surface area contributed by atoms with Crippen LogP contribution in [0.5, 0.6) is 0 Å². The van der Waals surface area contributed by atoms with Crippen LogP contribution in [0.15, 0.2) is 77.3 Å². The molecular formula is C21H12BrNO3. The van der Waals surface area contributed by atoms with E-state index >= 15 is 0 Å². The number of hydrogen-bond donors (Lipinski definition) is 0. The fraction of sp³-hybridized carbons (Fsp3) is 0. The molecule has 0 unspecified atom stereocenters. The van der Waals surface area contributed by atoms with Crippen LogP contribution in [0.25, 0.3) is 0 Å². The number of nitrogens with zero attached hydrogens (tertiary/aromatic N) is 1.